The van der Waals surface area contributed by atoms with Crippen LogP contribution in [0.4, 0.5) is 0 Å². The minimum Gasteiger partial charge on any atom is -0.234 e. The third kappa shape index (κ3) is 19.2. The number of rotatable bonds is 16. The van der Waals surface area contributed by atoms with E-state index in [1.165, 1.54) is 83.5 Å². The van der Waals surface area contributed by atoms with Gasteiger partial charge in [-0.15, -0.1) is 0 Å². The number of carbonyl (C=O) groups excluding carboxylic acids is 1. The lowest BCUT2D eigenvalue weighted by molar-refractivity contribution is 0.566. The molecule has 0 spiro atoms. The molecule has 0 amide bonds. The van der Waals surface area contributed by atoms with Crippen LogP contribution in [0.15, 0.2) is 18.2 Å². The van der Waals surface area contributed by atoms with E-state index >= 15 is 0 Å². The van der Waals surface area contributed by atoms with Crippen LogP contribution in [0.2, 0.25) is 0 Å². The second-order valence-corrected chi connectivity index (χ2v) is 6.05. The highest BCUT2D eigenvalue weighted by Crippen LogP contribution is 2.10. The molecule has 0 atom stereocenters. The van der Waals surface area contributed by atoms with E-state index in [0.717, 1.165) is 12.8 Å². The predicted octanol–water partition coefficient (Wildman–Crippen LogP) is 6.80. The van der Waals surface area contributed by atoms with Gasteiger partial charge in [0, 0.05) is 0 Å². The number of hydrogen-bond donors (Lipinski definition) is 0. The second kappa shape index (κ2) is 19.2. The lowest BCUT2D eigenvalue weighted by Crippen LogP contribution is -1.80. The zero-order valence-electron chi connectivity index (χ0n) is 14.2. The molecule has 21 heavy (non-hydrogen) atoms. The van der Waals surface area contributed by atoms with Crippen LogP contribution in [0.3, 0.4) is 0 Å². The van der Waals surface area contributed by atoms with Gasteiger partial charge in [-0.1, -0.05) is 76.9 Å². The van der Waals surface area contributed by atoms with E-state index in [-0.39, 0.29) is 0 Å². The van der Waals surface area contributed by atoms with Crippen LogP contribution in [0.25, 0.3) is 0 Å². The molecule has 0 unspecified atom stereocenters. The summed E-state index contributed by atoms with van der Waals surface area (Å²) in [5.74, 6) is 1.84. The van der Waals surface area contributed by atoms with Crippen molar-refractivity contribution in [2.24, 2.45) is 0 Å². The van der Waals surface area contributed by atoms with Gasteiger partial charge in [0.05, 0.1) is 0 Å². The molecule has 0 saturated carbocycles. The van der Waals surface area contributed by atoms with Gasteiger partial charge in [0.2, 0.25) is 0 Å². The van der Waals surface area contributed by atoms with E-state index in [9.17, 15) is 4.79 Å². The van der Waals surface area contributed by atoms with Crippen molar-refractivity contribution in [3.05, 3.63) is 18.2 Å². The molecule has 0 saturated heterocycles. The third-order valence-electron chi connectivity index (χ3n) is 3.94. The van der Waals surface area contributed by atoms with E-state index in [4.69, 9.17) is 0 Å². The summed E-state index contributed by atoms with van der Waals surface area (Å²) in [6.45, 7) is 2.27. The van der Waals surface area contributed by atoms with Gasteiger partial charge < -0.3 is 0 Å². The van der Waals surface area contributed by atoms with Crippen molar-refractivity contribution in [1.82, 2.24) is 0 Å². The maximum atomic E-state index is 9.98. The lowest BCUT2D eigenvalue weighted by Gasteiger charge is -1.99. The molecule has 0 aromatic heterocycles. The Bertz CT molecular complexity index is 261. The quantitative estimate of drug-likeness (QED) is 0.174. The smallest absolute Gasteiger partial charge is 0.120 e. The maximum Gasteiger partial charge on any atom is 0.120 e. The third-order valence-corrected chi connectivity index (χ3v) is 3.94. The Labute approximate surface area is 132 Å². The molecule has 0 aliphatic carbocycles. The highest BCUT2D eigenvalue weighted by molar-refractivity contribution is 5.44. The molecule has 0 N–H and O–H groups in total. The second-order valence-electron chi connectivity index (χ2n) is 6.05. The fourth-order valence-corrected chi connectivity index (χ4v) is 2.55. The fraction of sp³-hybridized carbons (Fsp3) is 0.800. The van der Waals surface area contributed by atoms with Crippen molar-refractivity contribution in [2.45, 2.75) is 103 Å². The van der Waals surface area contributed by atoms with Crippen LogP contribution >= 0.6 is 0 Å². The average Bonchev–Trinajstić information content (AvgIpc) is 2.50. The summed E-state index contributed by atoms with van der Waals surface area (Å²) in [7, 11) is 0. The Morgan fingerprint density at radius 2 is 1.05 bits per heavy atom. The van der Waals surface area contributed by atoms with Gasteiger partial charge in [-0.05, 0) is 44.6 Å². The van der Waals surface area contributed by atoms with E-state index in [1.54, 1.807) is 6.08 Å². The molecule has 0 radical (unpaired) electrons. The Kier molecular flexibility index (Phi) is 18.4. The summed E-state index contributed by atoms with van der Waals surface area (Å²) in [5.41, 5.74) is 0. The van der Waals surface area contributed by atoms with Crippen LogP contribution in [0.5, 0.6) is 0 Å². The van der Waals surface area contributed by atoms with Gasteiger partial charge in [-0.2, -0.15) is 0 Å². The van der Waals surface area contributed by atoms with E-state index < -0.39 is 0 Å². The van der Waals surface area contributed by atoms with Gasteiger partial charge >= 0.3 is 0 Å². The summed E-state index contributed by atoms with van der Waals surface area (Å²) >= 11 is 0. The van der Waals surface area contributed by atoms with Gasteiger partial charge in [0.15, 0.2) is 0 Å². The highest BCUT2D eigenvalue weighted by Gasteiger charge is 1.91. The van der Waals surface area contributed by atoms with Crippen molar-refractivity contribution in [1.29, 1.82) is 0 Å². The number of hydrogen-bond acceptors (Lipinski definition) is 1. The molecule has 0 aliphatic rings. The Morgan fingerprint density at radius 3 is 1.52 bits per heavy atom. The van der Waals surface area contributed by atoms with Crippen molar-refractivity contribution in [3.8, 4) is 0 Å². The molecule has 0 aliphatic heterocycles. The van der Waals surface area contributed by atoms with Gasteiger partial charge in [-0.25, -0.2) is 4.79 Å². The van der Waals surface area contributed by atoms with E-state index in [2.05, 4.69) is 19.1 Å². The minimum atomic E-state index is 0.907. The van der Waals surface area contributed by atoms with E-state index in [0.29, 0.717) is 0 Å². The number of unbranched alkanes of at least 4 members (excludes halogenated alkanes) is 13. The van der Waals surface area contributed by atoms with Crippen LogP contribution in [0.1, 0.15) is 103 Å². The molecule has 0 bridgehead atoms. The van der Waals surface area contributed by atoms with Crippen molar-refractivity contribution < 1.29 is 4.79 Å². The topological polar surface area (TPSA) is 17.1 Å². The fourth-order valence-electron chi connectivity index (χ4n) is 2.55. The maximum absolute atomic E-state index is 9.98. The Hall–Kier alpha value is -0.810. The Balaban J connectivity index is 3.06. The molecule has 0 aromatic rings. The lowest BCUT2D eigenvalue weighted by atomic mass is 10.1. The first-order chi connectivity index (χ1) is 10.4. The molecule has 122 valence electrons. The molecule has 1 nitrogen and oxygen atoms in total. The summed E-state index contributed by atoms with van der Waals surface area (Å²) in [4.78, 5) is 9.98. The Morgan fingerprint density at radius 1 is 0.619 bits per heavy atom. The molecule has 0 fully saturated rings. The van der Waals surface area contributed by atoms with Crippen molar-refractivity contribution in [2.75, 3.05) is 0 Å². The van der Waals surface area contributed by atoms with Crippen molar-refractivity contribution >= 4 is 5.94 Å². The van der Waals surface area contributed by atoms with E-state index in [1.807, 2.05) is 5.94 Å². The van der Waals surface area contributed by atoms with Crippen LogP contribution in [-0.4, -0.2) is 5.94 Å². The highest BCUT2D eigenvalue weighted by atomic mass is 16.1. The molecular weight excluding hydrogens is 256 g/mol. The van der Waals surface area contributed by atoms with Gasteiger partial charge in [0.25, 0.3) is 0 Å². The summed E-state index contributed by atoms with van der Waals surface area (Å²) in [6, 6.07) is 0. The molecule has 1 heteroatoms. The normalized spacial score (nSPS) is 10.9. The first-order valence-corrected chi connectivity index (χ1v) is 9.26. The zero-order chi connectivity index (χ0) is 15.4. The standard InChI is InChI=1S/C20H36O/c1-2-3-4-5-6-7-8-9-10-11-12-13-14-15-16-17-18-19-20-21/h9-10,19H,2-8,11-18H2,1H3/b10-9-. The van der Waals surface area contributed by atoms with Crippen molar-refractivity contribution in [3.63, 3.8) is 0 Å². The first-order valence-electron chi connectivity index (χ1n) is 9.26. The summed E-state index contributed by atoms with van der Waals surface area (Å²) < 4.78 is 0. The monoisotopic (exact) mass is 292 g/mol. The predicted molar refractivity (Wildman–Crippen MR) is 94.3 cm³/mol. The molecule has 0 aromatic carbocycles. The van der Waals surface area contributed by atoms with Crippen LogP contribution < -0.4 is 0 Å². The average molecular weight is 293 g/mol. The summed E-state index contributed by atoms with van der Waals surface area (Å²) in [5, 5.41) is 0. The molecular formula is C20H36O. The SMILES string of the molecule is CCCCCCCC/C=C\CCCCCCCCC=C=O. The molecule has 0 heterocycles. The van der Waals surface area contributed by atoms with Gasteiger partial charge in [0.1, 0.15) is 5.94 Å². The zero-order valence-corrected chi connectivity index (χ0v) is 14.2. The van der Waals surface area contributed by atoms with Gasteiger partial charge in [-0.3, -0.25) is 0 Å². The first kappa shape index (κ1) is 20.2. The number of allylic oxidation sites excluding steroid dienone is 3. The van der Waals surface area contributed by atoms with Crippen LogP contribution in [-0.2, 0) is 4.79 Å². The largest absolute Gasteiger partial charge is 0.234 e. The summed E-state index contributed by atoms with van der Waals surface area (Å²) in [6.07, 6.45) is 25.9. The van der Waals surface area contributed by atoms with Crippen LogP contribution in [0, 0.1) is 0 Å². The molecule has 0 rings (SSSR count). The minimum absolute atomic E-state index is 0.907.